The van der Waals surface area contributed by atoms with Gasteiger partial charge in [0.05, 0.1) is 13.0 Å². The zero-order valence-electron chi connectivity index (χ0n) is 14.1. The van der Waals surface area contributed by atoms with E-state index in [0.29, 0.717) is 25.4 Å². The lowest BCUT2D eigenvalue weighted by Crippen LogP contribution is -2.32. The number of oxazole rings is 1. The number of rotatable bonds is 9. The SMILES string of the molecule is CCCNC(=O)c1coc(CN(CCC)C(=O)Cc2cccs2)n1. The van der Waals surface area contributed by atoms with Crippen LogP contribution in [-0.4, -0.2) is 34.8 Å². The summed E-state index contributed by atoms with van der Waals surface area (Å²) in [4.78, 5) is 31.3. The number of hydrogen-bond donors (Lipinski definition) is 1. The first-order valence-corrected chi connectivity index (χ1v) is 9.04. The van der Waals surface area contributed by atoms with E-state index in [2.05, 4.69) is 10.3 Å². The van der Waals surface area contributed by atoms with Gasteiger partial charge in [0.1, 0.15) is 6.26 Å². The summed E-state index contributed by atoms with van der Waals surface area (Å²) >= 11 is 1.57. The monoisotopic (exact) mass is 349 g/mol. The molecular formula is C17H23N3O3S. The summed E-state index contributed by atoms with van der Waals surface area (Å²) in [5, 5.41) is 4.71. The highest BCUT2D eigenvalue weighted by Crippen LogP contribution is 2.13. The normalized spacial score (nSPS) is 10.6. The van der Waals surface area contributed by atoms with E-state index >= 15 is 0 Å². The Morgan fingerprint density at radius 3 is 2.83 bits per heavy atom. The fraction of sp³-hybridized carbons (Fsp3) is 0.471. The summed E-state index contributed by atoms with van der Waals surface area (Å²) in [7, 11) is 0. The van der Waals surface area contributed by atoms with Crippen LogP contribution in [0.5, 0.6) is 0 Å². The van der Waals surface area contributed by atoms with Crippen LogP contribution in [0.3, 0.4) is 0 Å². The molecule has 0 aliphatic carbocycles. The minimum Gasteiger partial charge on any atom is -0.446 e. The number of thiophene rings is 1. The smallest absolute Gasteiger partial charge is 0.273 e. The van der Waals surface area contributed by atoms with Gasteiger partial charge in [0.25, 0.3) is 5.91 Å². The van der Waals surface area contributed by atoms with Crippen LogP contribution in [0.25, 0.3) is 0 Å². The summed E-state index contributed by atoms with van der Waals surface area (Å²) in [5.41, 5.74) is 0.251. The second kappa shape index (κ2) is 9.22. The molecule has 0 spiro atoms. The maximum Gasteiger partial charge on any atom is 0.273 e. The molecule has 24 heavy (non-hydrogen) atoms. The van der Waals surface area contributed by atoms with Crippen molar-refractivity contribution in [2.24, 2.45) is 0 Å². The molecule has 2 aromatic heterocycles. The molecule has 0 radical (unpaired) electrons. The number of carbonyl (C=O) groups excluding carboxylic acids is 2. The van der Waals surface area contributed by atoms with Crippen LogP contribution in [0, 0.1) is 0 Å². The minimum atomic E-state index is -0.251. The highest BCUT2D eigenvalue weighted by Gasteiger charge is 2.18. The second-order valence-electron chi connectivity index (χ2n) is 5.45. The zero-order chi connectivity index (χ0) is 17.4. The van der Waals surface area contributed by atoms with E-state index in [-0.39, 0.29) is 24.1 Å². The van der Waals surface area contributed by atoms with Gasteiger partial charge in [0, 0.05) is 18.0 Å². The molecule has 0 saturated carbocycles. The quantitative estimate of drug-likeness (QED) is 0.755. The van der Waals surface area contributed by atoms with E-state index in [4.69, 9.17) is 4.42 Å². The van der Waals surface area contributed by atoms with Gasteiger partial charge in [-0.2, -0.15) is 0 Å². The van der Waals surface area contributed by atoms with Gasteiger partial charge < -0.3 is 14.6 Å². The molecule has 130 valence electrons. The van der Waals surface area contributed by atoms with Crippen molar-refractivity contribution < 1.29 is 14.0 Å². The second-order valence-corrected chi connectivity index (χ2v) is 6.49. The molecule has 0 aliphatic rings. The van der Waals surface area contributed by atoms with Crippen molar-refractivity contribution in [3.05, 3.63) is 40.2 Å². The molecule has 2 heterocycles. The first-order valence-electron chi connectivity index (χ1n) is 8.16. The molecule has 0 bridgehead atoms. The molecule has 1 N–H and O–H groups in total. The molecular weight excluding hydrogens is 326 g/mol. The summed E-state index contributed by atoms with van der Waals surface area (Å²) in [6, 6.07) is 3.89. The van der Waals surface area contributed by atoms with Crippen LogP contribution in [-0.2, 0) is 17.8 Å². The van der Waals surface area contributed by atoms with Gasteiger partial charge >= 0.3 is 0 Å². The summed E-state index contributed by atoms with van der Waals surface area (Å²) in [6.45, 7) is 5.51. The highest BCUT2D eigenvalue weighted by atomic mass is 32.1. The van der Waals surface area contributed by atoms with Gasteiger partial charge in [0.15, 0.2) is 5.69 Å². The van der Waals surface area contributed by atoms with Gasteiger partial charge in [-0.05, 0) is 24.3 Å². The number of hydrogen-bond acceptors (Lipinski definition) is 5. The van der Waals surface area contributed by atoms with Crippen molar-refractivity contribution in [1.29, 1.82) is 0 Å². The predicted molar refractivity (Wildman–Crippen MR) is 92.9 cm³/mol. The number of amides is 2. The number of carbonyl (C=O) groups is 2. The van der Waals surface area contributed by atoms with Crippen LogP contribution >= 0.6 is 11.3 Å². The molecule has 0 aromatic carbocycles. The Kier molecular flexibility index (Phi) is 6.99. The highest BCUT2D eigenvalue weighted by molar-refractivity contribution is 7.10. The summed E-state index contributed by atoms with van der Waals surface area (Å²) in [6.07, 6.45) is 3.43. The van der Waals surface area contributed by atoms with Gasteiger partial charge in [0.2, 0.25) is 11.8 Å². The number of nitrogens with one attached hydrogen (secondary N) is 1. The topological polar surface area (TPSA) is 75.4 Å². The third-order valence-electron chi connectivity index (χ3n) is 3.40. The Bertz CT molecular complexity index is 652. The van der Waals surface area contributed by atoms with E-state index in [1.54, 1.807) is 16.2 Å². The third kappa shape index (κ3) is 5.19. The average molecular weight is 349 g/mol. The van der Waals surface area contributed by atoms with Crippen LogP contribution in [0.4, 0.5) is 0 Å². The van der Waals surface area contributed by atoms with E-state index < -0.39 is 0 Å². The number of aromatic nitrogens is 1. The van der Waals surface area contributed by atoms with E-state index in [9.17, 15) is 9.59 Å². The van der Waals surface area contributed by atoms with Crippen LogP contribution in [0.1, 0.15) is 47.9 Å². The Morgan fingerprint density at radius 2 is 2.17 bits per heavy atom. The number of nitrogens with zero attached hydrogens (tertiary/aromatic N) is 2. The van der Waals surface area contributed by atoms with Gasteiger partial charge in [-0.25, -0.2) is 4.98 Å². The standard InChI is InChI=1S/C17H23N3O3S/c1-3-7-18-17(22)14-12-23-15(19-14)11-20(8-4-2)16(21)10-13-6-5-9-24-13/h5-6,9,12H,3-4,7-8,10-11H2,1-2H3,(H,18,22). The third-order valence-corrected chi connectivity index (χ3v) is 4.27. The largest absolute Gasteiger partial charge is 0.446 e. The molecule has 0 unspecified atom stereocenters. The fourth-order valence-electron chi connectivity index (χ4n) is 2.22. The molecule has 0 atom stereocenters. The molecule has 2 aromatic rings. The lowest BCUT2D eigenvalue weighted by atomic mass is 10.3. The maximum atomic E-state index is 12.5. The molecule has 2 rings (SSSR count). The van der Waals surface area contributed by atoms with Crippen molar-refractivity contribution in [3.8, 4) is 0 Å². The summed E-state index contributed by atoms with van der Waals surface area (Å²) in [5.74, 6) is 0.165. The molecule has 0 aliphatic heterocycles. The van der Waals surface area contributed by atoms with Crippen molar-refractivity contribution in [2.75, 3.05) is 13.1 Å². The minimum absolute atomic E-state index is 0.0366. The van der Waals surface area contributed by atoms with Crippen LogP contribution in [0.2, 0.25) is 0 Å². The van der Waals surface area contributed by atoms with Gasteiger partial charge in [-0.3, -0.25) is 9.59 Å². The summed E-state index contributed by atoms with van der Waals surface area (Å²) < 4.78 is 5.36. The van der Waals surface area contributed by atoms with Crippen molar-refractivity contribution in [3.63, 3.8) is 0 Å². The fourth-order valence-corrected chi connectivity index (χ4v) is 2.91. The van der Waals surface area contributed by atoms with Crippen LogP contribution in [0.15, 0.2) is 28.2 Å². The zero-order valence-corrected chi connectivity index (χ0v) is 14.9. The maximum absolute atomic E-state index is 12.5. The van der Waals surface area contributed by atoms with Crippen LogP contribution < -0.4 is 5.32 Å². The van der Waals surface area contributed by atoms with Crippen molar-refractivity contribution in [1.82, 2.24) is 15.2 Å². The lowest BCUT2D eigenvalue weighted by molar-refractivity contribution is -0.131. The first kappa shape index (κ1) is 18.2. The van der Waals surface area contributed by atoms with Gasteiger partial charge in [-0.15, -0.1) is 11.3 Å². The first-order chi connectivity index (χ1) is 11.6. The predicted octanol–water partition coefficient (Wildman–Crippen LogP) is 2.86. The van der Waals surface area contributed by atoms with E-state index in [1.807, 2.05) is 31.4 Å². The Balaban J connectivity index is 1.98. The van der Waals surface area contributed by atoms with Gasteiger partial charge in [-0.1, -0.05) is 19.9 Å². The Hall–Kier alpha value is -2.15. The van der Waals surface area contributed by atoms with E-state index in [1.165, 1.54) is 6.26 Å². The lowest BCUT2D eigenvalue weighted by Gasteiger charge is -2.20. The van der Waals surface area contributed by atoms with Crippen molar-refractivity contribution in [2.45, 2.75) is 39.7 Å². The molecule has 0 saturated heterocycles. The Morgan fingerprint density at radius 1 is 1.33 bits per heavy atom. The van der Waals surface area contributed by atoms with E-state index in [0.717, 1.165) is 17.7 Å². The molecule has 2 amide bonds. The molecule has 6 nitrogen and oxygen atoms in total. The molecule has 0 fully saturated rings. The average Bonchev–Trinajstić information content (AvgIpc) is 3.24. The Labute approximate surface area is 145 Å². The molecule has 7 heteroatoms. The van der Waals surface area contributed by atoms with Crippen molar-refractivity contribution >= 4 is 23.2 Å².